The molecule has 1 aliphatic heterocycles. The molecule has 1 heterocycles. The smallest absolute Gasteiger partial charge is 0.126 e. The summed E-state index contributed by atoms with van der Waals surface area (Å²) >= 11 is 0. The summed E-state index contributed by atoms with van der Waals surface area (Å²) in [6.45, 7) is 11.3. The largest absolute Gasteiger partial charge is 0.487 e. The number of aliphatic hydroxyl groups excluding tert-OH is 1. The van der Waals surface area contributed by atoms with Crippen LogP contribution in [0.25, 0.3) is 0 Å². The van der Waals surface area contributed by atoms with Crippen molar-refractivity contribution in [2.75, 3.05) is 6.61 Å². The first-order valence-electron chi connectivity index (χ1n) is 7.20. The molecular formula is C17H26O2. The van der Waals surface area contributed by atoms with E-state index in [4.69, 9.17) is 9.84 Å². The zero-order valence-electron chi connectivity index (χ0n) is 12.8. The van der Waals surface area contributed by atoms with Gasteiger partial charge in [-0.2, -0.15) is 0 Å². The van der Waals surface area contributed by atoms with Crippen LogP contribution in [0, 0.1) is 0 Å². The lowest BCUT2D eigenvalue weighted by Crippen LogP contribution is -2.25. The Labute approximate surface area is 116 Å². The van der Waals surface area contributed by atoms with Gasteiger partial charge in [0.05, 0.1) is 0 Å². The molecule has 0 spiro atoms. The molecule has 1 aromatic carbocycles. The van der Waals surface area contributed by atoms with E-state index in [0.717, 1.165) is 25.0 Å². The highest BCUT2D eigenvalue weighted by atomic mass is 16.5. The molecule has 0 bridgehead atoms. The van der Waals surface area contributed by atoms with Crippen molar-refractivity contribution < 1.29 is 9.84 Å². The number of hydrogen-bond acceptors (Lipinski definition) is 2. The molecule has 0 fully saturated rings. The summed E-state index contributed by atoms with van der Waals surface area (Å²) in [6, 6.07) is 4.42. The standard InChI is InChI=1S/C17H26O2/c1-16(2,3)14-9-8-12(7-6-10-18)15-13(14)11-17(4,5)19-15/h8-9,18H,6-7,10-11H2,1-5H3. The molecule has 2 heteroatoms. The maximum Gasteiger partial charge on any atom is 0.126 e. The number of ether oxygens (including phenoxy) is 1. The van der Waals surface area contributed by atoms with Gasteiger partial charge in [-0.15, -0.1) is 0 Å². The van der Waals surface area contributed by atoms with Gasteiger partial charge in [-0.1, -0.05) is 32.9 Å². The average Bonchev–Trinajstić information content (AvgIpc) is 2.59. The van der Waals surface area contributed by atoms with Crippen LogP contribution in [0.1, 0.15) is 57.7 Å². The van der Waals surface area contributed by atoms with Crippen LogP contribution in [0.15, 0.2) is 12.1 Å². The lowest BCUT2D eigenvalue weighted by molar-refractivity contribution is 0.137. The van der Waals surface area contributed by atoms with E-state index < -0.39 is 0 Å². The number of rotatable bonds is 3. The highest BCUT2D eigenvalue weighted by Gasteiger charge is 2.35. The molecule has 0 aromatic heterocycles. The van der Waals surface area contributed by atoms with Gasteiger partial charge in [0.1, 0.15) is 11.4 Å². The van der Waals surface area contributed by atoms with Crippen LogP contribution in [0.3, 0.4) is 0 Å². The first kappa shape index (κ1) is 14.4. The Bertz CT molecular complexity index is 467. The Morgan fingerprint density at radius 2 is 1.95 bits per heavy atom. The minimum absolute atomic E-state index is 0.113. The van der Waals surface area contributed by atoms with Gasteiger partial charge in [-0.05, 0) is 43.2 Å². The van der Waals surface area contributed by atoms with Crippen molar-refractivity contribution in [3.63, 3.8) is 0 Å². The quantitative estimate of drug-likeness (QED) is 0.901. The molecule has 0 saturated carbocycles. The number of fused-ring (bicyclic) bond motifs is 1. The molecular weight excluding hydrogens is 236 g/mol. The van der Waals surface area contributed by atoms with Gasteiger partial charge in [0.15, 0.2) is 0 Å². The van der Waals surface area contributed by atoms with Gasteiger partial charge in [-0.3, -0.25) is 0 Å². The summed E-state index contributed by atoms with van der Waals surface area (Å²) in [6.07, 6.45) is 2.66. The number of hydrogen-bond donors (Lipinski definition) is 1. The fraction of sp³-hybridized carbons (Fsp3) is 0.647. The first-order chi connectivity index (χ1) is 8.74. The number of benzene rings is 1. The van der Waals surface area contributed by atoms with Gasteiger partial charge < -0.3 is 9.84 Å². The molecule has 0 radical (unpaired) electrons. The maximum absolute atomic E-state index is 9.02. The second-order valence-corrected chi connectivity index (χ2v) is 7.20. The number of aliphatic hydroxyl groups is 1. The Morgan fingerprint density at radius 1 is 1.26 bits per heavy atom. The van der Waals surface area contributed by atoms with Gasteiger partial charge in [0.25, 0.3) is 0 Å². The SMILES string of the molecule is CC1(C)Cc2c(C(C)(C)C)ccc(CCCO)c2O1. The molecule has 19 heavy (non-hydrogen) atoms. The van der Waals surface area contributed by atoms with Gasteiger partial charge in [-0.25, -0.2) is 0 Å². The minimum Gasteiger partial charge on any atom is -0.487 e. The van der Waals surface area contributed by atoms with Crippen LogP contribution in [0.5, 0.6) is 5.75 Å². The van der Waals surface area contributed by atoms with E-state index in [1.165, 1.54) is 16.7 Å². The summed E-state index contributed by atoms with van der Waals surface area (Å²) in [4.78, 5) is 0. The second kappa shape index (κ2) is 4.82. The Kier molecular flexibility index (Phi) is 3.65. The molecule has 1 aliphatic rings. The van der Waals surface area contributed by atoms with Crippen molar-refractivity contribution >= 4 is 0 Å². The van der Waals surface area contributed by atoms with Crippen molar-refractivity contribution in [2.24, 2.45) is 0 Å². The Balaban J connectivity index is 2.47. The van der Waals surface area contributed by atoms with Crippen molar-refractivity contribution in [1.29, 1.82) is 0 Å². The average molecular weight is 262 g/mol. The van der Waals surface area contributed by atoms with Crippen molar-refractivity contribution in [3.05, 3.63) is 28.8 Å². The van der Waals surface area contributed by atoms with E-state index in [1.807, 2.05) is 0 Å². The lowest BCUT2D eigenvalue weighted by Gasteiger charge is -2.23. The normalized spacial score (nSPS) is 17.2. The topological polar surface area (TPSA) is 29.5 Å². The summed E-state index contributed by atoms with van der Waals surface area (Å²) in [5, 5.41) is 9.02. The predicted molar refractivity (Wildman–Crippen MR) is 79.0 cm³/mol. The molecule has 0 saturated heterocycles. The lowest BCUT2D eigenvalue weighted by atomic mass is 9.81. The summed E-state index contributed by atoms with van der Waals surface area (Å²) in [7, 11) is 0. The van der Waals surface area contributed by atoms with Crippen LogP contribution in [0.4, 0.5) is 0 Å². The zero-order valence-corrected chi connectivity index (χ0v) is 12.8. The van der Waals surface area contributed by atoms with Gasteiger partial charge in [0, 0.05) is 18.6 Å². The molecule has 0 amide bonds. The van der Waals surface area contributed by atoms with E-state index in [-0.39, 0.29) is 17.6 Å². The van der Waals surface area contributed by atoms with Gasteiger partial charge in [0.2, 0.25) is 0 Å². The molecule has 106 valence electrons. The highest BCUT2D eigenvalue weighted by Crippen LogP contribution is 2.43. The third-order valence-electron chi connectivity index (χ3n) is 3.74. The maximum atomic E-state index is 9.02. The van der Waals surface area contributed by atoms with Crippen LogP contribution in [0.2, 0.25) is 0 Å². The summed E-state index contributed by atoms with van der Waals surface area (Å²) in [5.74, 6) is 1.07. The predicted octanol–water partition coefficient (Wildman–Crippen LogP) is 3.62. The molecule has 2 nitrogen and oxygen atoms in total. The molecule has 2 rings (SSSR count). The van der Waals surface area contributed by atoms with E-state index in [1.54, 1.807) is 0 Å². The fourth-order valence-corrected chi connectivity index (χ4v) is 2.89. The molecule has 0 unspecified atom stereocenters. The van der Waals surface area contributed by atoms with Crippen molar-refractivity contribution in [3.8, 4) is 5.75 Å². The number of aryl methyl sites for hydroxylation is 1. The Morgan fingerprint density at radius 3 is 2.53 bits per heavy atom. The van der Waals surface area contributed by atoms with E-state index >= 15 is 0 Å². The second-order valence-electron chi connectivity index (χ2n) is 7.20. The summed E-state index contributed by atoms with van der Waals surface area (Å²) in [5.41, 5.74) is 4.03. The molecule has 1 N–H and O–H groups in total. The summed E-state index contributed by atoms with van der Waals surface area (Å²) < 4.78 is 6.18. The Hall–Kier alpha value is -1.02. The zero-order chi connectivity index (χ0) is 14.3. The third-order valence-corrected chi connectivity index (χ3v) is 3.74. The molecule has 0 atom stereocenters. The van der Waals surface area contributed by atoms with Gasteiger partial charge >= 0.3 is 0 Å². The van der Waals surface area contributed by atoms with Crippen LogP contribution < -0.4 is 4.74 Å². The van der Waals surface area contributed by atoms with Crippen LogP contribution in [-0.2, 0) is 18.3 Å². The highest BCUT2D eigenvalue weighted by molar-refractivity contribution is 5.52. The monoisotopic (exact) mass is 262 g/mol. The van der Waals surface area contributed by atoms with Crippen molar-refractivity contribution in [1.82, 2.24) is 0 Å². The molecule has 1 aromatic rings. The third kappa shape index (κ3) is 2.94. The first-order valence-corrected chi connectivity index (χ1v) is 7.20. The fourth-order valence-electron chi connectivity index (χ4n) is 2.89. The van der Waals surface area contributed by atoms with E-state index in [0.29, 0.717) is 0 Å². The molecule has 0 aliphatic carbocycles. The van der Waals surface area contributed by atoms with E-state index in [9.17, 15) is 0 Å². The van der Waals surface area contributed by atoms with E-state index in [2.05, 4.69) is 46.8 Å². The minimum atomic E-state index is -0.113. The van der Waals surface area contributed by atoms with Crippen LogP contribution in [-0.4, -0.2) is 17.3 Å². The van der Waals surface area contributed by atoms with Crippen LogP contribution >= 0.6 is 0 Å². The van der Waals surface area contributed by atoms with Crippen molar-refractivity contribution in [2.45, 2.75) is 64.9 Å².